The maximum Gasteiger partial charge on any atom is 0.119 e. The zero-order valence-corrected chi connectivity index (χ0v) is 34.8. The molecule has 8 rings (SSSR count). The van der Waals surface area contributed by atoms with Gasteiger partial charge in [0.15, 0.2) is 0 Å². The summed E-state index contributed by atoms with van der Waals surface area (Å²) in [5, 5.41) is 0. The number of methoxy groups -OCH3 is 2. The van der Waals surface area contributed by atoms with E-state index in [9.17, 15) is 0 Å². The van der Waals surface area contributed by atoms with Crippen LogP contribution in [-0.2, 0) is 0 Å². The first-order chi connectivity index (χ1) is 28.2. The van der Waals surface area contributed by atoms with Crippen molar-refractivity contribution in [1.29, 1.82) is 0 Å². The van der Waals surface area contributed by atoms with Crippen molar-refractivity contribution in [2.45, 2.75) is 33.2 Å². The molecule has 58 heavy (non-hydrogen) atoms. The third kappa shape index (κ3) is 7.87. The predicted molar refractivity (Wildman–Crippen MR) is 247 cm³/mol. The quantitative estimate of drug-likeness (QED) is 0.131. The molecule has 0 N–H and O–H groups in total. The fourth-order valence-electron chi connectivity index (χ4n) is 7.65. The van der Waals surface area contributed by atoms with Gasteiger partial charge in [0.25, 0.3) is 0 Å². The summed E-state index contributed by atoms with van der Waals surface area (Å²) in [5.74, 6) is 1.66. The van der Waals surface area contributed by atoms with E-state index in [-0.39, 0.29) is 5.54 Å². The summed E-state index contributed by atoms with van der Waals surface area (Å²) >= 11 is 1.87. The van der Waals surface area contributed by atoms with Crippen LogP contribution < -0.4 is 19.3 Å². The maximum atomic E-state index is 5.55. The van der Waals surface area contributed by atoms with Crippen molar-refractivity contribution in [3.8, 4) is 54.6 Å². The average Bonchev–Trinajstić information content (AvgIpc) is 3.66. The minimum atomic E-state index is -0.165. The minimum absolute atomic E-state index is 0.165. The normalized spacial score (nSPS) is 11.3. The molecule has 0 radical (unpaired) electrons. The summed E-state index contributed by atoms with van der Waals surface area (Å²) < 4.78 is 11.0. The Labute approximate surface area is 347 Å². The average molecular weight is 777 g/mol. The lowest BCUT2D eigenvalue weighted by Gasteiger charge is -2.38. The molecule has 1 heterocycles. The number of rotatable bonds is 11. The Morgan fingerprint density at radius 1 is 0.397 bits per heavy atom. The van der Waals surface area contributed by atoms with E-state index in [2.05, 4.69) is 195 Å². The molecule has 0 bridgehead atoms. The Morgan fingerprint density at radius 2 is 0.741 bits per heavy atom. The van der Waals surface area contributed by atoms with Gasteiger partial charge in [-0.2, -0.15) is 0 Å². The van der Waals surface area contributed by atoms with E-state index in [0.29, 0.717) is 0 Å². The van der Waals surface area contributed by atoms with E-state index >= 15 is 0 Å². The lowest BCUT2D eigenvalue weighted by atomic mass is 9.91. The lowest BCUT2D eigenvalue weighted by molar-refractivity contribution is 0.414. The highest BCUT2D eigenvalue weighted by atomic mass is 32.1. The smallest absolute Gasteiger partial charge is 0.119 e. The van der Waals surface area contributed by atoms with Gasteiger partial charge in [-0.1, -0.05) is 103 Å². The Kier molecular flexibility index (Phi) is 10.9. The molecule has 8 aromatic rings. The van der Waals surface area contributed by atoms with Crippen molar-refractivity contribution in [3.05, 3.63) is 188 Å². The van der Waals surface area contributed by atoms with Crippen molar-refractivity contribution in [2.24, 2.45) is 0 Å². The third-order valence-electron chi connectivity index (χ3n) is 10.4. The summed E-state index contributed by atoms with van der Waals surface area (Å²) in [5.41, 5.74) is 13.8. The first-order valence-electron chi connectivity index (χ1n) is 19.7. The first-order valence-corrected chi connectivity index (χ1v) is 20.5. The van der Waals surface area contributed by atoms with E-state index in [1.807, 2.05) is 35.6 Å². The zero-order chi connectivity index (χ0) is 40.2. The fraction of sp³-hybridized carbons (Fsp3) is 0.132. The van der Waals surface area contributed by atoms with E-state index in [1.54, 1.807) is 14.2 Å². The van der Waals surface area contributed by atoms with Crippen molar-refractivity contribution in [3.63, 3.8) is 0 Å². The Hall–Kier alpha value is -6.56. The van der Waals surface area contributed by atoms with E-state index < -0.39 is 0 Å². The number of hydrogen-bond acceptors (Lipinski definition) is 5. The highest BCUT2D eigenvalue weighted by molar-refractivity contribution is 7.20. The molecule has 0 saturated heterocycles. The minimum Gasteiger partial charge on any atom is -0.497 e. The van der Waals surface area contributed by atoms with Crippen LogP contribution in [0.25, 0.3) is 43.1 Å². The van der Waals surface area contributed by atoms with Crippen LogP contribution >= 0.6 is 11.3 Å². The number of thiophene rings is 1. The molecule has 0 aliphatic heterocycles. The SMILES string of the molecule is COc1ccc(N(c2ccc(-c3sc(-c4ccc(C)cc4)c(-c4ccccc4)c3-c3ccccc3)cc2)c2ccc(N(c3ccc(OC)cc3)C(C)(C)C)cc2)cc1. The van der Waals surface area contributed by atoms with Gasteiger partial charge in [0.1, 0.15) is 11.5 Å². The van der Waals surface area contributed by atoms with Gasteiger partial charge in [-0.25, -0.2) is 0 Å². The van der Waals surface area contributed by atoms with Crippen LogP contribution in [0.2, 0.25) is 0 Å². The monoisotopic (exact) mass is 776 g/mol. The van der Waals surface area contributed by atoms with Gasteiger partial charge < -0.3 is 19.3 Å². The van der Waals surface area contributed by atoms with Crippen LogP contribution in [0, 0.1) is 6.92 Å². The molecule has 0 fully saturated rings. The van der Waals surface area contributed by atoms with Crippen molar-refractivity contribution < 1.29 is 9.47 Å². The number of ether oxygens (including phenoxy) is 2. The van der Waals surface area contributed by atoms with Gasteiger partial charge in [0.2, 0.25) is 0 Å². The third-order valence-corrected chi connectivity index (χ3v) is 11.7. The highest BCUT2D eigenvalue weighted by Crippen LogP contribution is 2.52. The predicted octanol–water partition coefficient (Wildman–Crippen LogP) is 15.1. The molecule has 288 valence electrons. The lowest BCUT2D eigenvalue weighted by Crippen LogP contribution is -2.37. The summed E-state index contributed by atoms with van der Waals surface area (Å²) in [4.78, 5) is 7.18. The Bertz CT molecular complexity index is 2570. The zero-order valence-electron chi connectivity index (χ0n) is 33.9. The van der Waals surface area contributed by atoms with Crippen LogP contribution in [0.5, 0.6) is 11.5 Å². The second kappa shape index (κ2) is 16.5. The number of benzene rings is 7. The molecule has 7 aromatic carbocycles. The second-order valence-electron chi connectivity index (χ2n) is 15.4. The maximum absolute atomic E-state index is 5.55. The van der Waals surface area contributed by atoms with Crippen molar-refractivity contribution >= 4 is 39.8 Å². The Balaban J connectivity index is 1.23. The molecule has 0 aliphatic carbocycles. The van der Waals surface area contributed by atoms with Crippen LogP contribution in [0.15, 0.2) is 182 Å². The molecule has 4 nitrogen and oxygen atoms in total. The molecule has 0 spiro atoms. The van der Waals surface area contributed by atoms with Crippen LogP contribution in [-0.4, -0.2) is 19.8 Å². The van der Waals surface area contributed by atoms with Gasteiger partial charge in [0, 0.05) is 54.9 Å². The first kappa shape index (κ1) is 38.3. The van der Waals surface area contributed by atoms with E-state index in [0.717, 1.165) is 39.9 Å². The summed E-state index contributed by atoms with van der Waals surface area (Å²) in [6.07, 6.45) is 0. The van der Waals surface area contributed by atoms with Crippen LogP contribution in [0.4, 0.5) is 28.4 Å². The fourth-order valence-corrected chi connectivity index (χ4v) is 9.01. The molecule has 0 amide bonds. The molecule has 0 atom stereocenters. The summed E-state index contributed by atoms with van der Waals surface area (Å²) in [6, 6.07) is 65.0. The van der Waals surface area contributed by atoms with E-state index in [4.69, 9.17) is 9.47 Å². The van der Waals surface area contributed by atoms with Crippen molar-refractivity contribution in [1.82, 2.24) is 0 Å². The topological polar surface area (TPSA) is 24.9 Å². The number of hydrogen-bond donors (Lipinski definition) is 0. The highest BCUT2D eigenvalue weighted by Gasteiger charge is 2.26. The van der Waals surface area contributed by atoms with Gasteiger partial charge in [0.05, 0.1) is 14.2 Å². The number of nitrogens with zero attached hydrogens (tertiary/aromatic N) is 2. The van der Waals surface area contributed by atoms with Crippen molar-refractivity contribution in [2.75, 3.05) is 24.0 Å². The summed E-state index contributed by atoms with van der Waals surface area (Å²) in [7, 11) is 3.40. The summed E-state index contributed by atoms with van der Waals surface area (Å²) in [6.45, 7) is 8.85. The molecule has 0 aliphatic rings. The number of aryl methyl sites for hydroxylation is 1. The molecule has 5 heteroatoms. The molecule has 0 unspecified atom stereocenters. The van der Waals surface area contributed by atoms with Gasteiger partial charge in [-0.15, -0.1) is 11.3 Å². The van der Waals surface area contributed by atoms with Crippen LogP contribution in [0.3, 0.4) is 0 Å². The molecule has 1 aromatic heterocycles. The van der Waals surface area contributed by atoms with Gasteiger partial charge in [-0.05, 0) is 135 Å². The molecule has 0 saturated carbocycles. The van der Waals surface area contributed by atoms with E-state index in [1.165, 1.54) is 48.7 Å². The Morgan fingerprint density at radius 3 is 1.14 bits per heavy atom. The largest absolute Gasteiger partial charge is 0.497 e. The molecular formula is C53H48N2O2S. The molecular weight excluding hydrogens is 729 g/mol. The van der Waals surface area contributed by atoms with Crippen LogP contribution in [0.1, 0.15) is 26.3 Å². The number of anilines is 5. The second-order valence-corrected chi connectivity index (χ2v) is 16.4. The standard InChI is InChI=1S/C53H48N2O2S/c1-37-17-19-40(20-18-37)51-49(38-13-9-7-10-14-38)50(39-15-11-8-12-16-39)52(58-51)41-21-23-42(24-22-41)54(44-29-33-47(56-5)34-30-44)43-25-27-45(28-26-43)55(53(2,3)4)46-31-35-48(57-6)36-32-46/h7-36H,1-6H3. The van der Waals surface area contributed by atoms with Gasteiger partial charge in [-0.3, -0.25) is 0 Å². The van der Waals surface area contributed by atoms with Gasteiger partial charge >= 0.3 is 0 Å².